The van der Waals surface area contributed by atoms with Gasteiger partial charge < -0.3 is 25.0 Å². The van der Waals surface area contributed by atoms with Gasteiger partial charge in [0.05, 0.1) is 6.61 Å². The lowest BCUT2D eigenvalue weighted by Gasteiger charge is -2.27. The van der Waals surface area contributed by atoms with E-state index < -0.39 is 11.5 Å². The Balaban J connectivity index is 2.46. The van der Waals surface area contributed by atoms with Crippen LogP contribution < -0.4 is 5.32 Å². The van der Waals surface area contributed by atoms with Gasteiger partial charge in [0.2, 0.25) is 0 Å². The van der Waals surface area contributed by atoms with Crippen LogP contribution in [0.2, 0.25) is 0 Å². The molecule has 1 rings (SSSR count). The molecular weight excluding hydrogens is 250 g/mol. The van der Waals surface area contributed by atoms with Crippen molar-refractivity contribution in [2.24, 2.45) is 0 Å². The normalized spacial score (nSPS) is 22.5. The van der Waals surface area contributed by atoms with Gasteiger partial charge in [-0.15, -0.1) is 0 Å². The minimum Gasteiger partial charge on any atom is -0.479 e. The van der Waals surface area contributed by atoms with E-state index in [0.29, 0.717) is 19.6 Å². The van der Waals surface area contributed by atoms with Gasteiger partial charge in [-0.1, -0.05) is 0 Å². The van der Waals surface area contributed by atoms with E-state index in [-0.39, 0.29) is 12.6 Å². The molecule has 0 spiro atoms. The zero-order valence-corrected chi connectivity index (χ0v) is 11.8. The average Bonchev–Trinajstić information content (AvgIpc) is 2.78. The number of aliphatic carboxylic acids is 1. The highest BCUT2D eigenvalue weighted by Crippen LogP contribution is 2.19. The first-order valence-electron chi connectivity index (χ1n) is 6.36. The molecule has 1 saturated heterocycles. The number of carboxylic acid groups (broad SMARTS) is 1. The molecule has 19 heavy (non-hydrogen) atoms. The Labute approximate surface area is 113 Å². The van der Waals surface area contributed by atoms with Crippen molar-refractivity contribution in [3.05, 3.63) is 0 Å². The third-order valence-corrected chi connectivity index (χ3v) is 3.22. The van der Waals surface area contributed by atoms with Crippen molar-refractivity contribution in [1.29, 1.82) is 0 Å². The van der Waals surface area contributed by atoms with Crippen molar-refractivity contribution in [2.75, 3.05) is 47.4 Å². The summed E-state index contributed by atoms with van der Waals surface area (Å²) in [6.45, 7) is 1.85. The standard InChI is InChI=1S/C12H23N3O4/c1-14(2)6-4-7-15(3)11(18)13-12(10(16)17)5-8-19-9-12/h4-9H2,1-3H3,(H,13,18)(H,16,17). The Hall–Kier alpha value is -1.34. The van der Waals surface area contributed by atoms with Crippen LogP contribution in [0.5, 0.6) is 0 Å². The number of nitrogens with zero attached hydrogens (tertiary/aromatic N) is 2. The van der Waals surface area contributed by atoms with Gasteiger partial charge in [-0.3, -0.25) is 0 Å². The fourth-order valence-electron chi connectivity index (χ4n) is 1.91. The van der Waals surface area contributed by atoms with E-state index in [1.54, 1.807) is 7.05 Å². The zero-order chi connectivity index (χ0) is 14.5. The van der Waals surface area contributed by atoms with Gasteiger partial charge >= 0.3 is 12.0 Å². The van der Waals surface area contributed by atoms with Crippen LogP contribution in [0.25, 0.3) is 0 Å². The van der Waals surface area contributed by atoms with E-state index in [1.165, 1.54) is 4.90 Å². The summed E-state index contributed by atoms with van der Waals surface area (Å²) in [6.07, 6.45) is 1.15. The molecule has 1 heterocycles. The molecule has 0 aromatic heterocycles. The van der Waals surface area contributed by atoms with E-state index in [1.807, 2.05) is 19.0 Å². The van der Waals surface area contributed by atoms with E-state index in [9.17, 15) is 14.7 Å². The maximum atomic E-state index is 12.0. The molecular formula is C12H23N3O4. The Bertz CT molecular complexity index is 327. The number of nitrogens with one attached hydrogen (secondary N) is 1. The molecule has 0 saturated carbocycles. The van der Waals surface area contributed by atoms with Gasteiger partial charge in [0, 0.05) is 26.6 Å². The fourth-order valence-corrected chi connectivity index (χ4v) is 1.91. The van der Waals surface area contributed by atoms with Crippen LogP contribution in [-0.4, -0.2) is 79.9 Å². The largest absolute Gasteiger partial charge is 0.479 e. The van der Waals surface area contributed by atoms with Crippen molar-refractivity contribution >= 4 is 12.0 Å². The Kier molecular flexibility index (Phi) is 5.56. The summed E-state index contributed by atoms with van der Waals surface area (Å²) in [5.41, 5.74) is -1.27. The summed E-state index contributed by atoms with van der Waals surface area (Å²) in [6, 6.07) is -0.369. The average molecular weight is 273 g/mol. The van der Waals surface area contributed by atoms with Crippen molar-refractivity contribution in [1.82, 2.24) is 15.1 Å². The van der Waals surface area contributed by atoms with Crippen molar-refractivity contribution in [3.8, 4) is 0 Å². The zero-order valence-electron chi connectivity index (χ0n) is 11.8. The molecule has 2 amide bonds. The van der Waals surface area contributed by atoms with Gasteiger partial charge in [-0.2, -0.15) is 0 Å². The molecule has 110 valence electrons. The van der Waals surface area contributed by atoms with Crippen molar-refractivity contribution < 1.29 is 19.4 Å². The number of carbonyl (C=O) groups excluding carboxylic acids is 1. The molecule has 1 atom stereocenters. The number of ether oxygens (including phenoxy) is 1. The minimum atomic E-state index is -1.27. The van der Waals surface area contributed by atoms with Crippen LogP contribution in [0.4, 0.5) is 4.79 Å². The molecule has 7 nitrogen and oxygen atoms in total. The predicted molar refractivity (Wildman–Crippen MR) is 70.1 cm³/mol. The van der Waals surface area contributed by atoms with E-state index in [2.05, 4.69) is 5.32 Å². The monoisotopic (exact) mass is 273 g/mol. The number of hydrogen-bond donors (Lipinski definition) is 2. The topological polar surface area (TPSA) is 82.1 Å². The van der Waals surface area contributed by atoms with Gasteiger partial charge in [-0.05, 0) is 27.1 Å². The highest BCUT2D eigenvalue weighted by atomic mass is 16.5. The van der Waals surface area contributed by atoms with Crippen LogP contribution >= 0.6 is 0 Å². The molecule has 0 radical (unpaired) electrons. The molecule has 7 heteroatoms. The summed E-state index contributed by atoms with van der Waals surface area (Å²) in [5.74, 6) is -1.04. The van der Waals surface area contributed by atoms with Crippen molar-refractivity contribution in [3.63, 3.8) is 0 Å². The van der Waals surface area contributed by atoms with Crippen LogP contribution in [0.1, 0.15) is 12.8 Å². The highest BCUT2D eigenvalue weighted by molar-refractivity contribution is 5.86. The number of urea groups is 1. The SMILES string of the molecule is CN(C)CCCN(C)C(=O)NC1(C(=O)O)CCOC1. The number of carboxylic acids is 1. The summed E-state index contributed by atoms with van der Waals surface area (Å²) < 4.78 is 5.09. The quantitative estimate of drug-likeness (QED) is 0.702. The minimum absolute atomic E-state index is 0.0274. The molecule has 1 aliphatic rings. The maximum absolute atomic E-state index is 12.0. The second kappa shape index (κ2) is 6.72. The smallest absolute Gasteiger partial charge is 0.332 e. The first kappa shape index (κ1) is 15.7. The number of rotatable bonds is 6. The number of hydrogen-bond acceptors (Lipinski definition) is 4. The predicted octanol–water partition coefficient (Wildman–Crippen LogP) is -0.177. The second-order valence-corrected chi connectivity index (χ2v) is 5.20. The van der Waals surface area contributed by atoms with Gasteiger partial charge in [0.1, 0.15) is 0 Å². The molecule has 1 fully saturated rings. The second-order valence-electron chi connectivity index (χ2n) is 5.20. The lowest BCUT2D eigenvalue weighted by atomic mass is 9.99. The van der Waals surface area contributed by atoms with Crippen LogP contribution in [0.3, 0.4) is 0 Å². The number of amides is 2. The van der Waals surface area contributed by atoms with Gasteiger partial charge in [0.15, 0.2) is 5.54 Å². The molecule has 0 bridgehead atoms. The molecule has 0 aliphatic carbocycles. The lowest BCUT2D eigenvalue weighted by Crippen LogP contribution is -2.58. The van der Waals surface area contributed by atoms with Crippen LogP contribution in [-0.2, 0) is 9.53 Å². The summed E-state index contributed by atoms with van der Waals surface area (Å²) in [4.78, 5) is 26.8. The third kappa shape index (κ3) is 4.36. The molecule has 2 N–H and O–H groups in total. The summed E-state index contributed by atoms with van der Waals surface area (Å²) >= 11 is 0. The highest BCUT2D eigenvalue weighted by Gasteiger charge is 2.44. The fraction of sp³-hybridized carbons (Fsp3) is 0.833. The third-order valence-electron chi connectivity index (χ3n) is 3.22. The summed E-state index contributed by atoms with van der Waals surface area (Å²) in [5, 5.41) is 11.8. The van der Waals surface area contributed by atoms with Gasteiger partial charge in [0.25, 0.3) is 0 Å². The first-order valence-corrected chi connectivity index (χ1v) is 6.36. The van der Waals surface area contributed by atoms with E-state index in [0.717, 1.165) is 13.0 Å². The van der Waals surface area contributed by atoms with Crippen LogP contribution in [0, 0.1) is 0 Å². The van der Waals surface area contributed by atoms with Gasteiger partial charge in [-0.25, -0.2) is 9.59 Å². The Morgan fingerprint density at radius 3 is 2.47 bits per heavy atom. The summed E-state index contributed by atoms with van der Waals surface area (Å²) in [7, 11) is 5.60. The Morgan fingerprint density at radius 2 is 2.00 bits per heavy atom. The molecule has 0 aromatic rings. The van der Waals surface area contributed by atoms with Crippen LogP contribution in [0.15, 0.2) is 0 Å². The molecule has 1 aliphatic heterocycles. The van der Waals surface area contributed by atoms with E-state index >= 15 is 0 Å². The first-order chi connectivity index (χ1) is 8.87. The van der Waals surface area contributed by atoms with E-state index in [4.69, 9.17) is 4.74 Å². The maximum Gasteiger partial charge on any atom is 0.332 e. The Morgan fingerprint density at radius 1 is 1.32 bits per heavy atom. The number of carbonyl (C=O) groups is 2. The van der Waals surface area contributed by atoms with Crippen molar-refractivity contribution in [2.45, 2.75) is 18.4 Å². The molecule has 1 unspecified atom stereocenters. The lowest BCUT2D eigenvalue weighted by molar-refractivity contribution is -0.144. The molecule has 0 aromatic carbocycles.